The molecule has 0 radical (unpaired) electrons. The highest BCUT2D eigenvalue weighted by molar-refractivity contribution is 7.91. The topological polar surface area (TPSA) is 99.9 Å². The summed E-state index contributed by atoms with van der Waals surface area (Å²) in [5, 5.41) is 11.7. The number of rotatable bonds is 6. The van der Waals surface area contributed by atoms with Gasteiger partial charge in [0.1, 0.15) is 12.7 Å². The summed E-state index contributed by atoms with van der Waals surface area (Å²) < 4.78 is 31.4. The second-order valence-electron chi connectivity index (χ2n) is 5.59. The molecule has 0 aliphatic carbocycles. The van der Waals surface area contributed by atoms with Gasteiger partial charge in [0.05, 0.1) is 5.75 Å². The van der Waals surface area contributed by atoms with Crippen LogP contribution in [0.4, 0.5) is 0 Å². The predicted octanol–water partition coefficient (Wildman–Crippen LogP) is 1.04. The molecule has 0 N–H and O–H groups in total. The van der Waals surface area contributed by atoms with Crippen LogP contribution in [0.3, 0.4) is 0 Å². The van der Waals surface area contributed by atoms with Crippen LogP contribution in [0, 0.1) is 5.92 Å². The van der Waals surface area contributed by atoms with Gasteiger partial charge in [-0.05, 0) is 43.7 Å². The van der Waals surface area contributed by atoms with Crippen molar-refractivity contribution in [3.05, 3.63) is 24.8 Å². The van der Waals surface area contributed by atoms with Crippen LogP contribution in [-0.4, -0.2) is 52.3 Å². The third-order valence-electron chi connectivity index (χ3n) is 3.96. The van der Waals surface area contributed by atoms with Crippen molar-refractivity contribution in [2.75, 3.05) is 19.0 Å². The van der Waals surface area contributed by atoms with Crippen LogP contribution in [-0.2, 0) is 14.6 Å². The SMILES string of the molecule is O=S(=O)(CCCC1CCOCC1)c1ccc(-n2cncn2)nn1. The van der Waals surface area contributed by atoms with E-state index < -0.39 is 9.84 Å². The zero-order valence-corrected chi connectivity index (χ0v) is 13.5. The van der Waals surface area contributed by atoms with E-state index in [2.05, 4.69) is 20.3 Å². The van der Waals surface area contributed by atoms with Crippen molar-refractivity contribution in [3.8, 4) is 5.82 Å². The van der Waals surface area contributed by atoms with Crippen molar-refractivity contribution in [2.24, 2.45) is 5.92 Å². The van der Waals surface area contributed by atoms with Gasteiger partial charge in [-0.2, -0.15) is 5.10 Å². The fraction of sp³-hybridized carbons (Fsp3) is 0.571. The van der Waals surface area contributed by atoms with Gasteiger partial charge >= 0.3 is 0 Å². The quantitative estimate of drug-likeness (QED) is 0.776. The molecule has 0 saturated carbocycles. The van der Waals surface area contributed by atoms with Crippen LogP contribution in [0.2, 0.25) is 0 Å². The smallest absolute Gasteiger partial charge is 0.197 e. The average molecular weight is 337 g/mol. The highest BCUT2D eigenvalue weighted by Crippen LogP contribution is 2.21. The summed E-state index contributed by atoms with van der Waals surface area (Å²) in [6, 6.07) is 3.04. The monoisotopic (exact) mass is 337 g/mol. The summed E-state index contributed by atoms with van der Waals surface area (Å²) in [7, 11) is -3.40. The maximum Gasteiger partial charge on any atom is 0.197 e. The lowest BCUT2D eigenvalue weighted by Crippen LogP contribution is -2.17. The Morgan fingerprint density at radius 2 is 2.04 bits per heavy atom. The Hall–Kier alpha value is -1.87. The number of aromatic nitrogens is 5. The van der Waals surface area contributed by atoms with Gasteiger partial charge in [-0.25, -0.2) is 18.1 Å². The Morgan fingerprint density at radius 3 is 2.70 bits per heavy atom. The predicted molar refractivity (Wildman–Crippen MR) is 81.8 cm³/mol. The first-order valence-electron chi connectivity index (χ1n) is 7.64. The van der Waals surface area contributed by atoms with Crippen molar-refractivity contribution in [3.63, 3.8) is 0 Å². The number of nitrogens with zero attached hydrogens (tertiary/aromatic N) is 5. The van der Waals surface area contributed by atoms with E-state index in [0.29, 0.717) is 18.2 Å². The van der Waals surface area contributed by atoms with E-state index in [1.165, 1.54) is 23.4 Å². The molecule has 1 saturated heterocycles. The molecule has 0 bridgehead atoms. The molecule has 1 aliphatic heterocycles. The first-order valence-corrected chi connectivity index (χ1v) is 9.29. The van der Waals surface area contributed by atoms with Crippen LogP contribution in [0.25, 0.3) is 5.82 Å². The molecular weight excluding hydrogens is 318 g/mol. The number of hydrogen-bond donors (Lipinski definition) is 0. The van der Waals surface area contributed by atoms with Crippen LogP contribution in [0.5, 0.6) is 0 Å². The number of hydrogen-bond acceptors (Lipinski definition) is 7. The molecule has 124 valence electrons. The second-order valence-corrected chi connectivity index (χ2v) is 7.64. The van der Waals surface area contributed by atoms with Gasteiger partial charge in [-0.3, -0.25) is 0 Å². The van der Waals surface area contributed by atoms with E-state index in [4.69, 9.17) is 4.74 Å². The van der Waals surface area contributed by atoms with Crippen molar-refractivity contribution in [1.29, 1.82) is 0 Å². The first kappa shape index (κ1) is 16.0. The second kappa shape index (κ2) is 7.14. The van der Waals surface area contributed by atoms with Gasteiger partial charge in [0.15, 0.2) is 20.7 Å². The van der Waals surface area contributed by atoms with Crippen molar-refractivity contribution >= 4 is 9.84 Å². The van der Waals surface area contributed by atoms with Crippen LogP contribution in [0.1, 0.15) is 25.7 Å². The minimum Gasteiger partial charge on any atom is -0.381 e. The average Bonchev–Trinajstić information content (AvgIpc) is 3.10. The van der Waals surface area contributed by atoms with Gasteiger partial charge in [0.2, 0.25) is 0 Å². The molecule has 0 atom stereocenters. The standard InChI is InChI=1S/C14H19N5O3S/c20-23(21,9-1-2-12-5-7-22-8-6-12)14-4-3-13(17-18-14)19-11-15-10-16-19/h3-4,10-12H,1-2,5-9H2. The Morgan fingerprint density at radius 1 is 1.22 bits per heavy atom. The molecule has 0 amide bonds. The molecule has 0 spiro atoms. The van der Waals surface area contributed by atoms with Gasteiger partial charge in [-0.15, -0.1) is 10.2 Å². The molecule has 0 aromatic carbocycles. The van der Waals surface area contributed by atoms with E-state index in [1.54, 1.807) is 6.07 Å². The highest BCUT2D eigenvalue weighted by Gasteiger charge is 2.19. The summed E-state index contributed by atoms with van der Waals surface area (Å²) in [6.45, 7) is 1.57. The van der Waals surface area contributed by atoms with E-state index in [-0.39, 0.29) is 10.8 Å². The van der Waals surface area contributed by atoms with Crippen LogP contribution in [0.15, 0.2) is 29.8 Å². The first-order chi connectivity index (χ1) is 11.1. The summed E-state index contributed by atoms with van der Waals surface area (Å²) in [4.78, 5) is 3.81. The Labute approximate surface area is 134 Å². The normalized spacial score (nSPS) is 16.5. The maximum atomic E-state index is 12.3. The largest absolute Gasteiger partial charge is 0.381 e. The molecule has 3 rings (SSSR count). The zero-order valence-electron chi connectivity index (χ0n) is 12.7. The van der Waals surface area contributed by atoms with Crippen molar-refractivity contribution in [2.45, 2.75) is 30.7 Å². The molecule has 1 aliphatic rings. The van der Waals surface area contributed by atoms with Crippen molar-refractivity contribution in [1.82, 2.24) is 25.0 Å². The van der Waals surface area contributed by atoms with Gasteiger partial charge in [0, 0.05) is 13.2 Å². The number of sulfone groups is 1. The lowest BCUT2D eigenvalue weighted by molar-refractivity contribution is 0.0638. The molecule has 2 aromatic rings. The Kier molecular flexibility index (Phi) is 4.97. The maximum absolute atomic E-state index is 12.3. The van der Waals surface area contributed by atoms with Crippen LogP contribution >= 0.6 is 0 Å². The van der Waals surface area contributed by atoms with Gasteiger partial charge < -0.3 is 4.74 Å². The van der Waals surface area contributed by atoms with E-state index >= 15 is 0 Å². The lowest BCUT2D eigenvalue weighted by atomic mass is 9.95. The summed E-state index contributed by atoms with van der Waals surface area (Å²) >= 11 is 0. The molecule has 9 heteroatoms. The molecule has 0 unspecified atom stereocenters. The fourth-order valence-corrected chi connectivity index (χ4v) is 3.83. The molecule has 1 fully saturated rings. The van der Waals surface area contributed by atoms with Crippen LogP contribution < -0.4 is 0 Å². The fourth-order valence-electron chi connectivity index (χ4n) is 2.63. The Bertz CT molecular complexity index is 709. The minimum atomic E-state index is -3.40. The summed E-state index contributed by atoms with van der Waals surface area (Å²) in [6.07, 6.45) is 6.44. The van der Waals surface area contributed by atoms with E-state index in [1.807, 2.05) is 0 Å². The van der Waals surface area contributed by atoms with E-state index in [0.717, 1.165) is 32.5 Å². The van der Waals surface area contributed by atoms with Gasteiger partial charge in [-0.1, -0.05) is 0 Å². The zero-order chi connectivity index (χ0) is 16.1. The summed E-state index contributed by atoms with van der Waals surface area (Å²) in [5.41, 5.74) is 0. The van der Waals surface area contributed by atoms with E-state index in [9.17, 15) is 8.42 Å². The third kappa shape index (κ3) is 4.11. The van der Waals surface area contributed by atoms with Gasteiger partial charge in [0.25, 0.3) is 0 Å². The molecule has 23 heavy (non-hydrogen) atoms. The third-order valence-corrected chi connectivity index (χ3v) is 5.65. The minimum absolute atomic E-state index is 0.00772. The molecular formula is C14H19N5O3S. The number of ether oxygens (including phenoxy) is 1. The highest BCUT2D eigenvalue weighted by atomic mass is 32.2. The lowest BCUT2D eigenvalue weighted by Gasteiger charge is -2.21. The van der Waals surface area contributed by atoms with Crippen molar-refractivity contribution < 1.29 is 13.2 Å². The molecule has 8 nitrogen and oxygen atoms in total. The molecule has 3 heterocycles. The summed E-state index contributed by atoms with van der Waals surface area (Å²) in [5.74, 6) is 1.10. The molecule has 2 aromatic heterocycles. The Balaban J connectivity index is 1.58.